The molecule has 2 amide bonds. The highest BCUT2D eigenvalue weighted by Gasteiger charge is 2.12. The number of nitrogens with zero attached hydrogens (tertiary/aromatic N) is 2. The van der Waals surface area contributed by atoms with E-state index in [1.165, 1.54) is 12.3 Å². The summed E-state index contributed by atoms with van der Waals surface area (Å²) in [6.07, 6.45) is 1.45. The third kappa shape index (κ3) is 5.24. The maximum absolute atomic E-state index is 11.9. The first kappa shape index (κ1) is 16.7. The van der Waals surface area contributed by atoms with Gasteiger partial charge in [0.05, 0.1) is 6.54 Å². The minimum absolute atomic E-state index is 0.0474. The molecular formula is C15H19N3O3. The van der Waals surface area contributed by atoms with Crippen molar-refractivity contribution >= 4 is 11.8 Å². The molecule has 1 aromatic rings. The van der Waals surface area contributed by atoms with E-state index in [1.807, 2.05) is 13.8 Å². The van der Waals surface area contributed by atoms with Gasteiger partial charge in [0.2, 0.25) is 5.91 Å². The van der Waals surface area contributed by atoms with Gasteiger partial charge in [0.25, 0.3) is 5.91 Å². The maximum atomic E-state index is 11.9. The number of carbonyl (C=O) groups excluding carboxylic acids is 2. The van der Waals surface area contributed by atoms with Gasteiger partial charge < -0.3 is 15.3 Å². The Balaban J connectivity index is 2.58. The Morgan fingerprint density at radius 1 is 1.33 bits per heavy atom. The Hall–Kier alpha value is -2.39. The molecule has 0 saturated carbocycles. The van der Waals surface area contributed by atoms with Gasteiger partial charge in [-0.25, -0.2) is 4.98 Å². The number of likely N-dealkylation sites (N-methyl/N-ethyl adjacent to an activating group) is 1. The van der Waals surface area contributed by atoms with Crippen molar-refractivity contribution in [1.82, 2.24) is 15.2 Å². The number of amides is 2. The van der Waals surface area contributed by atoms with Crippen LogP contribution in [0.5, 0.6) is 0 Å². The lowest BCUT2D eigenvalue weighted by Gasteiger charge is -2.18. The number of nitrogens with one attached hydrogen (secondary N) is 1. The summed E-state index contributed by atoms with van der Waals surface area (Å²) in [7, 11) is 0. The van der Waals surface area contributed by atoms with Crippen LogP contribution in [0.1, 0.15) is 29.9 Å². The van der Waals surface area contributed by atoms with Crippen molar-refractivity contribution in [1.29, 1.82) is 0 Å². The molecule has 1 heterocycles. The molecule has 1 aromatic heterocycles. The predicted octanol–water partition coefficient (Wildman–Crippen LogP) is 0.0236. The molecule has 0 aliphatic carbocycles. The van der Waals surface area contributed by atoms with E-state index in [4.69, 9.17) is 5.11 Å². The van der Waals surface area contributed by atoms with Gasteiger partial charge in [-0.2, -0.15) is 0 Å². The largest absolute Gasteiger partial charge is 0.384 e. The van der Waals surface area contributed by atoms with Crippen LogP contribution >= 0.6 is 0 Å². The van der Waals surface area contributed by atoms with Gasteiger partial charge in [-0.1, -0.05) is 11.8 Å². The third-order valence-electron chi connectivity index (χ3n) is 2.82. The predicted molar refractivity (Wildman–Crippen MR) is 78.5 cm³/mol. The van der Waals surface area contributed by atoms with Gasteiger partial charge in [-0.05, 0) is 26.0 Å². The number of aliphatic hydroxyl groups excluding tert-OH is 1. The van der Waals surface area contributed by atoms with Crippen LogP contribution in [0.15, 0.2) is 18.3 Å². The standard InChI is InChI=1S/C15H19N3O3/c1-3-18(4-2)14(20)11-17-15(21)13-8-7-12(10-16-13)6-5-9-19/h7-8,10,19H,3-4,9,11H2,1-2H3,(H,17,21). The Morgan fingerprint density at radius 2 is 2.05 bits per heavy atom. The highest BCUT2D eigenvalue weighted by Crippen LogP contribution is 1.99. The fraction of sp³-hybridized carbons (Fsp3) is 0.400. The van der Waals surface area contributed by atoms with Crippen LogP contribution in [0.25, 0.3) is 0 Å². The lowest BCUT2D eigenvalue weighted by atomic mass is 10.2. The molecule has 1 rings (SSSR count). The molecule has 0 bridgehead atoms. The van der Waals surface area contributed by atoms with E-state index in [-0.39, 0.29) is 24.8 Å². The van der Waals surface area contributed by atoms with Gasteiger partial charge in [-0.15, -0.1) is 0 Å². The highest BCUT2D eigenvalue weighted by molar-refractivity contribution is 5.94. The van der Waals surface area contributed by atoms with Crippen molar-refractivity contribution in [3.63, 3.8) is 0 Å². The van der Waals surface area contributed by atoms with E-state index in [0.29, 0.717) is 18.7 Å². The van der Waals surface area contributed by atoms with E-state index in [0.717, 1.165) is 0 Å². The first-order valence-electron chi connectivity index (χ1n) is 6.74. The molecule has 0 aliphatic heterocycles. The molecule has 0 fully saturated rings. The second kappa shape index (κ2) is 8.72. The third-order valence-corrected chi connectivity index (χ3v) is 2.82. The number of hydrogen-bond acceptors (Lipinski definition) is 4. The summed E-state index contributed by atoms with van der Waals surface area (Å²) in [6, 6.07) is 3.16. The molecule has 0 aromatic carbocycles. The van der Waals surface area contributed by atoms with Crippen LogP contribution in [0.3, 0.4) is 0 Å². The average molecular weight is 289 g/mol. The van der Waals surface area contributed by atoms with Gasteiger partial charge in [0.15, 0.2) is 0 Å². The van der Waals surface area contributed by atoms with Crippen LogP contribution < -0.4 is 5.32 Å². The number of hydrogen-bond donors (Lipinski definition) is 2. The van der Waals surface area contributed by atoms with E-state index >= 15 is 0 Å². The number of pyridine rings is 1. The quantitative estimate of drug-likeness (QED) is 0.749. The van der Waals surface area contributed by atoms with Crippen molar-refractivity contribution in [2.45, 2.75) is 13.8 Å². The van der Waals surface area contributed by atoms with Crippen LogP contribution in [0.2, 0.25) is 0 Å². The molecule has 0 atom stereocenters. The number of aromatic nitrogens is 1. The lowest BCUT2D eigenvalue weighted by molar-refractivity contribution is -0.129. The van der Waals surface area contributed by atoms with E-state index < -0.39 is 5.91 Å². The van der Waals surface area contributed by atoms with Crippen molar-refractivity contribution in [3.8, 4) is 11.8 Å². The lowest BCUT2D eigenvalue weighted by Crippen LogP contribution is -2.40. The molecule has 112 valence electrons. The van der Waals surface area contributed by atoms with Crippen LogP contribution in [0.4, 0.5) is 0 Å². The minimum atomic E-state index is -0.405. The van der Waals surface area contributed by atoms with Crippen molar-refractivity contribution in [3.05, 3.63) is 29.6 Å². The summed E-state index contributed by atoms with van der Waals surface area (Å²) in [6.45, 7) is 4.72. The fourth-order valence-corrected chi connectivity index (χ4v) is 1.68. The zero-order valence-electron chi connectivity index (χ0n) is 12.2. The van der Waals surface area contributed by atoms with Crippen LogP contribution in [-0.4, -0.2) is 53.0 Å². The van der Waals surface area contributed by atoms with Gasteiger partial charge in [-0.3, -0.25) is 9.59 Å². The zero-order chi connectivity index (χ0) is 15.7. The minimum Gasteiger partial charge on any atom is -0.384 e. The molecule has 0 spiro atoms. The average Bonchev–Trinajstić information content (AvgIpc) is 2.52. The van der Waals surface area contributed by atoms with Crippen molar-refractivity contribution in [2.75, 3.05) is 26.2 Å². The number of aliphatic hydroxyl groups is 1. The van der Waals surface area contributed by atoms with Gasteiger partial charge >= 0.3 is 0 Å². The monoisotopic (exact) mass is 289 g/mol. The molecule has 0 saturated heterocycles. The molecule has 0 radical (unpaired) electrons. The van der Waals surface area contributed by atoms with E-state index in [2.05, 4.69) is 22.1 Å². The second-order valence-corrected chi connectivity index (χ2v) is 4.14. The maximum Gasteiger partial charge on any atom is 0.270 e. The van der Waals surface area contributed by atoms with Gasteiger partial charge in [0.1, 0.15) is 12.3 Å². The molecule has 6 nitrogen and oxygen atoms in total. The fourth-order valence-electron chi connectivity index (χ4n) is 1.68. The second-order valence-electron chi connectivity index (χ2n) is 4.14. The molecule has 0 unspecified atom stereocenters. The molecule has 6 heteroatoms. The van der Waals surface area contributed by atoms with E-state index in [9.17, 15) is 9.59 Å². The van der Waals surface area contributed by atoms with Crippen LogP contribution in [-0.2, 0) is 4.79 Å². The topological polar surface area (TPSA) is 82.5 Å². The summed E-state index contributed by atoms with van der Waals surface area (Å²) in [5, 5.41) is 11.1. The SMILES string of the molecule is CCN(CC)C(=O)CNC(=O)c1ccc(C#CCO)cn1. The summed E-state index contributed by atoms with van der Waals surface area (Å²) in [5.74, 6) is 4.65. The Kier molecular flexibility index (Phi) is 6.92. The number of carbonyl (C=O) groups is 2. The van der Waals surface area contributed by atoms with Crippen molar-refractivity contribution < 1.29 is 14.7 Å². The zero-order valence-corrected chi connectivity index (χ0v) is 12.2. The van der Waals surface area contributed by atoms with Crippen molar-refractivity contribution in [2.24, 2.45) is 0 Å². The summed E-state index contributed by atoms with van der Waals surface area (Å²) in [5.41, 5.74) is 0.830. The van der Waals surface area contributed by atoms with Gasteiger partial charge in [0, 0.05) is 24.8 Å². The number of rotatable bonds is 5. The Morgan fingerprint density at radius 3 is 2.57 bits per heavy atom. The highest BCUT2D eigenvalue weighted by atomic mass is 16.2. The smallest absolute Gasteiger partial charge is 0.270 e. The van der Waals surface area contributed by atoms with Crippen LogP contribution in [0, 0.1) is 11.8 Å². The van der Waals surface area contributed by atoms with E-state index in [1.54, 1.807) is 11.0 Å². The molecule has 2 N–H and O–H groups in total. The first-order chi connectivity index (χ1) is 10.1. The molecular weight excluding hydrogens is 270 g/mol. The molecule has 0 aliphatic rings. The first-order valence-corrected chi connectivity index (χ1v) is 6.74. The summed E-state index contributed by atoms with van der Waals surface area (Å²) < 4.78 is 0. The summed E-state index contributed by atoms with van der Waals surface area (Å²) >= 11 is 0. The Labute approximate surface area is 124 Å². The Bertz CT molecular complexity index is 540. The molecule has 21 heavy (non-hydrogen) atoms. The summed E-state index contributed by atoms with van der Waals surface area (Å²) in [4.78, 5) is 29.2. The normalized spacial score (nSPS) is 9.48.